The van der Waals surface area contributed by atoms with E-state index < -0.39 is 0 Å². The molecule has 4 nitrogen and oxygen atoms in total. The lowest BCUT2D eigenvalue weighted by atomic mass is 10.2. The standard InChI is InChI=1S/C18H19N3OS/c1-3-4-11-23-18-20-15-8-6-5-7-14(15)17(22)21(18)16-12-13(2)9-10-19-16/h5-10,12H,3-4,11H2,1-2H3. The summed E-state index contributed by atoms with van der Waals surface area (Å²) in [5, 5.41) is 1.33. The summed E-state index contributed by atoms with van der Waals surface area (Å²) in [6, 6.07) is 11.3. The van der Waals surface area contributed by atoms with Crippen molar-refractivity contribution in [3.05, 3.63) is 58.5 Å². The van der Waals surface area contributed by atoms with E-state index in [0.717, 1.165) is 29.7 Å². The lowest BCUT2D eigenvalue weighted by molar-refractivity contribution is 0.791. The van der Waals surface area contributed by atoms with Crippen LogP contribution in [-0.2, 0) is 0 Å². The summed E-state index contributed by atoms with van der Waals surface area (Å²) in [6.45, 7) is 4.15. The summed E-state index contributed by atoms with van der Waals surface area (Å²) in [5.74, 6) is 1.57. The number of aromatic nitrogens is 3. The van der Waals surface area contributed by atoms with Crippen LogP contribution in [0.5, 0.6) is 0 Å². The third-order valence-corrected chi connectivity index (χ3v) is 4.63. The fourth-order valence-corrected chi connectivity index (χ4v) is 3.45. The number of pyridine rings is 1. The molecule has 0 aliphatic rings. The van der Waals surface area contributed by atoms with E-state index in [4.69, 9.17) is 4.98 Å². The number of hydrogen-bond donors (Lipinski definition) is 0. The molecule has 2 heterocycles. The first-order valence-electron chi connectivity index (χ1n) is 7.78. The van der Waals surface area contributed by atoms with Crippen molar-refractivity contribution in [3.63, 3.8) is 0 Å². The highest BCUT2D eigenvalue weighted by Crippen LogP contribution is 2.21. The van der Waals surface area contributed by atoms with Crippen molar-refractivity contribution in [2.75, 3.05) is 5.75 Å². The Morgan fingerprint density at radius 2 is 2.04 bits per heavy atom. The molecule has 3 aromatic rings. The fraction of sp³-hybridized carbons (Fsp3) is 0.278. The molecule has 0 saturated carbocycles. The van der Waals surface area contributed by atoms with E-state index in [9.17, 15) is 4.79 Å². The first-order valence-corrected chi connectivity index (χ1v) is 8.77. The number of nitrogens with zero attached hydrogens (tertiary/aromatic N) is 3. The van der Waals surface area contributed by atoms with Crippen molar-refractivity contribution in [2.24, 2.45) is 0 Å². The smallest absolute Gasteiger partial charge is 0.267 e. The molecule has 0 N–H and O–H groups in total. The number of thioether (sulfide) groups is 1. The van der Waals surface area contributed by atoms with Gasteiger partial charge in [0.05, 0.1) is 10.9 Å². The minimum absolute atomic E-state index is 0.0623. The molecule has 0 amide bonds. The third kappa shape index (κ3) is 3.29. The van der Waals surface area contributed by atoms with Crippen molar-refractivity contribution < 1.29 is 0 Å². The lowest BCUT2D eigenvalue weighted by Gasteiger charge is -2.12. The highest BCUT2D eigenvalue weighted by Gasteiger charge is 2.13. The Bertz CT molecular complexity index is 889. The summed E-state index contributed by atoms with van der Waals surface area (Å²) >= 11 is 1.61. The van der Waals surface area contributed by atoms with Crippen LogP contribution in [0.2, 0.25) is 0 Å². The highest BCUT2D eigenvalue weighted by molar-refractivity contribution is 7.99. The molecule has 3 rings (SSSR count). The Balaban J connectivity index is 2.21. The van der Waals surface area contributed by atoms with Gasteiger partial charge < -0.3 is 0 Å². The number of para-hydroxylation sites is 1. The van der Waals surface area contributed by atoms with Crippen molar-refractivity contribution in [1.82, 2.24) is 14.5 Å². The molecule has 0 radical (unpaired) electrons. The molecular formula is C18H19N3OS. The predicted octanol–water partition coefficient (Wildman–Crippen LogP) is 3.98. The van der Waals surface area contributed by atoms with E-state index in [1.54, 1.807) is 22.5 Å². The summed E-state index contributed by atoms with van der Waals surface area (Å²) in [6.07, 6.45) is 3.94. The zero-order chi connectivity index (χ0) is 16.2. The van der Waals surface area contributed by atoms with Gasteiger partial charge in [-0.2, -0.15) is 0 Å². The zero-order valence-corrected chi connectivity index (χ0v) is 14.1. The van der Waals surface area contributed by atoms with Crippen LogP contribution in [0, 0.1) is 6.92 Å². The Morgan fingerprint density at radius 3 is 2.83 bits per heavy atom. The normalized spacial score (nSPS) is 11.0. The van der Waals surface area contributed by atoms with Gasteiger partial charge in [-0.05, 0) is 43.2 Å². The quantitative estimate of drug-likeness (QED) is 0.404. The first kappa shape index (κ1) is 15.7. The molecule has 0 saturated heterocycles. The SMILES string of the molecule is CCCCSc1nc2ccccc2c(=O)n1-c1cc(C)ccn1. The Hall–Kier alpha value is -2.14. The lowest BCUT2D eigenvalue weighted by Crippen LogP contribution is -2.22. The summed E-state index contributed by atoms with van der Waals surface area (Å²) in [5.41, 5.74) is 1.74. The van der Waals surface area contributed by atoms with Crippen LogP contribution in [-0.4, -0.2) is 20.3 Å². The van der Waals surface area contributed by atoms with E-state index >= 15 is 0 Å². The van der Waals surface area contributed by atoms with Gasteiger partial charge in [-0.25, -0.2) is 14.5 Å². The highest BCUT2D eigenvalue weighted by atomic mass is 32.2. The van der Waals surface area contributed by atoms with Gasteiger partial charge in [0.1, 0.15) is 5.82 Å². The second-order valence-corrected chi connectivity index (χ2v) is 6.51. The molecule has 0 unspecified atom stereocenters. The van der Waals surface area contributed by atoms with Crippen molar-refractivity contribution in [1.29, 1.82) is 0 Å². The average molecular weight is 325 g/mol. The van der Waals surface area contributed by atoms with Crippen LogP contribution in [0.15, 0.2) is 52.5 Å². The van der Waals surface area contributed by atoms with E-state index in [1.165, 1.54) is 0 Å². The maximum Gasteiger partial charge on any atom is 0.267 e. The van der Waals surface area contributed by atoms with E-state index in [1.807, 2.05) is 43.3 Å². The molecule has 1 aromatic carbocycles. The van der Waals surface area contributed by atoms with Gasteiger partial charge in [-0.15, -0.1) is 0 Å². The Labute approximate surface area is 139 Å². The third-order valence-electron chi connectivity index (χ3n) is 3.60. The summed E-state index contributed by atoms with van der Waals surface area (Å²) < 4.78 is 1.63. The molecule has 118 valence electrons. The maximum atomic E-state index is 13.0. The van der Waals surface area contributed by atoms with Crippen LogP contribution in [0.1, 0.15) is 25.3 Å². The topological polar surface area (TPSA) is 47.8 Å². The van der Waals surface area contributed by atoms with Crippen molar-refractivity contribution in [2.45, 2.75) is 31.8 Å². The van der Waals surface area contributed by atoms with Crippen LogP contribution < -0.4 is 5.56 Å². The molecule has 0 spiro atoms. The predicted molar refractivity (Wildman–Crippen MR) is 95.5 cm³/mol. The molecular weight excluding hydrogens is 306 g/mol. The molecule has 0 aliphatic heterocycles. The monoisotopic (exact) mass is 325 g/mol. The molecule has 5 heteroatoms. The second kappa shape index (κ2) is 6.96. The number of fused-ring (bicyclic) bond motifs is 1. The minimum atomic E-state index is -0.0623. The Kier molecular flexibility index (Phi) is 4.76. The Morgan fingerprint density at radius 1 is 1.22 bits per heavy atom. The van der Waals surface area contributed by atoms with Gasteiger partial charge in [0.25, 0.3) is 5.56 Å². The van der Waals surface area contributed by atoms with Gasteiger partial charge in [-0.3, -0.25) is 4.79 Å². The fourth-order valence-electron chi connectivity index (χ4n) is 2.36. The molecule has 23 heavy (non-hydrogen) atoms. The van der Waals surface area contributed by atoms with Gasteiger partial charge in [0, 0.05) is 11.9 Å². The van der Waals surface area contributed by atoms with E-state index in [-0.39, 0.29) is 5.56 Å². The van der Waals surface area contributed by atoms with E-state index in [2.05, 4.69) is 11.9 Å². The van der Waals surface area contributed by atoms with Crippen LogP contribution in [0.25, 0.3) is 16.7 Å². The second-order valence-electron chi connectivity index (χ2n) is 5.45. The average Bonchev–Trinajstić information content (AvgIpc) is 2.55. The number of hydrogen-bond acceptors (Lipinski definition) is 4. The van der Waals surface area contributed by atoms with E-state index in [0.29, 0.717) is 16.4 Å². The number of unbranched alkanes of at least 4 members (excludes halogenated alkanes) is 1. The van der Waals surface area contributed by atoms with Crippen LogP contribution in [0.4, 0.5) is 0 Å². The molecule has 0 fully saturated rings. The van der Waals surface area contributed by atoms with Crippen molar-refractivity contribution in [3.8, 4) is 5.82 Å². The van der Waals surface area contributed by atoms with Gasteiger partial charge in [-0.1, -0.05) is 37.2 Å². The maximum absolute atomic E-state index is 13.0. The first-order chi connectivity index (χ1) is 11.2. The van der Waals surface area contributed by atoms with Crippen LogP contribution in [0.3, 0.4) is 0 Å². The molecule has 0 bridgehead atoms. The summed E-state index contributed by atoms with van der Waals surface area (Å²) in [4.78, 5) is 22.0. The molecule has 2 aromatic heterocycles. The molecule has 0 aliphatic carbocycles. The van der Waals surface area contributed by atoms with Crippen LogP contribution >= 0.6 is 11.8 Å². The number of aryl methyl sites for hydroxylation is 1. The number of benzene rings is 1. The van der Waals surface area contributed by atoms with Gasteiger partial charge >= 0.3 is 0 Å². The van der Waals surface area contributed by atoms with Crippen molar-refractivity contribution >= 4 is 22.7 Å². The summed E-state index contributed by atoms with van der Waals surface area (Å²) in [7, 11) is 0. The van der Waals surface area contributed by atoms with Gasteiger partial charge in [0.2, 0.25) is 0 Å². The number of rotatable bonds is 5. The largest absolute Gasteiger partial charge is 0.268 e. The van der Waals surface area contributed by atoms with Gasteiger partial charge in [0.15, 0.2) is 5.16 Å². The minimum Gasteiger partial charge on any atom is -0.268 e. The molecule has 0 atom stereocenters. The zero-order valence-electron chi connectivity index (χ0n) is 13.3.